The second kappa shape index (κ2) is 4.13. The van der Waals surface area contributed by atoms with E-state index in [0.29, 0.717) is 23.4 Å². The van der Waals surface area contributed by atoms with Crippen molar-refractivity contribution in [2.75, 3.05) is 0 Å². The Balaban J connectivity index is 2.81. The van der Waals surface area contributed by atoms with Gasteiger partial charge in [-0.05, 0) is 24.1 Å². The van der Waals surface area contributed by atoms with E-state index in [1.54, 1.807) is 12.1 Å². The maximum Gasteiger partial charge on any atom is 0.127 e. The molecule has 0 unspecified atom stereocenters. The lowest BCUT2D eigenvalue weighted by atomic mass is 10.1. The molecule has 12 heavy (non-hydrogen) atoms. The maximum absolute atomic E-state index is 13.0. The van der Waals surface area contributed by atoms with E-state index in [-0.39, 0.29) is 5.82 Å². The summed E-state index contributed by atoms with van der Waals surface area (Å²) in [6, 6.07) is 4.62. The molecule has 0 amide bonds. The lowest BCUT2D eigenvalue weighted by Crippen LogP contribution is -1.88. The van der Waals surface area contributed by atoms with Crippen molar-refractivity contribution in [1.29, 1.82) is 0 Å². The monoisotopic (exact) mass is 182 g/mol. The molecule has 0 saturated carbocycles. The van der Waals surface area contributed by atoms with Gasteiger partial charge in [-0.3, -0.25) is 0 Å². The summed E-state index contributed by atoms with van der Waals surface area (Å²) in [6.45, 7) is 0. The Hall–Kier alpha value is -1.00. The van der Waals surface area contributed by atoms with E-state index in [0.717, 1.165) is 0 Å². The highest BCUT2D eigenvalue weighted by Crippen LogP contribution is 2.15. The van der Waals surface area contributed by atoms with Crippen LogP contribution in [-0.4, -0.2) is 0 Å². The van der Waals surface area contributed by atoms with E-state index in [1.807, 2.05) is 0 Å². The summed E-state index contributed by atoms with van der Waals surface area (Å²) in [6.07, 6.45) is 6.18. The van der Waals surface area contributed by atoms with Gasteiger partial charge in [0.1, 0.15) is 5.82 Å². The number of aryl methyl sites for hydroxylation is 1. The molecule has 0 heterocycles. The molecule has 0 radical (unpaired) electrons. The number of benzene rings is 1. The van der Waals surface area contributed by atoms with Gasteiger partial charge in [0.25, 0.3) is 0 Å². The summed E-state index contributed by atoms with van der Waals surface area (Å²) in [4.78, 5) is 0. The van der Waals surface area contributed by atoms with Gasteiger partial charge in [-0.25, -0.2) is 4.39 Å². The second-order valence-corrected chi connectivity index (χ2v) is 2.88. The van der Waals surface area contributed by atoms with E-state index in [1.165, 1.54) is 6.07 Å². The van der Waals surface area contributed by atoms with Crippen molar-refractivity contribution < 1.29 is 4.39 Å². The topological polar surface area (TPSA) is 0 Å². The van der Waals surface area contributed by atoms with Gasteiger partial charge in [-0.2, -0.15) is 0 Å². The number of hydrogen-bond acceptors (Lipinski definition) is 0. The summed E-state index contributed by atoms with van der Waals surface area (Å²) >= 11 is 5.57. The molecule has 0 spiro atoms. The molecular formula is C10H8ClF. The Kier molecular flexibility index (Phi) is 3.13. The number of halogens is 2. The molecule has 1 aromatic carbocycles. The van der Waals surface area contributed by atoms with Crippen LogP contribution in [0.25, 0.3) is 0 Å². The molecule has 0 aliphatic carbocycles. The minimum absolute atomic E-state index is 0.280. The molecule has 0 aliphatic heterocycles. The summed E-state index contributed by atoms with van der Waals surface area (Å²) in [5, 5.41) is 0.414. The highest BCUT2D eigenvalue weighted by atomic mass is 35.5. The lowest BCUT2D eigenvalue weighted by molar-refractivity contribution is 0.610. The molecule has 0 atom stereocenters. The molecule has 0 aliphatic rings. The number of hydrogen-bond donors (Lipinski definition) is 0. The third-order valence-corrected chi connectivity index (χ3v) is 1.79. The average Bonchev–Trinajstić information content (AvgIpc) is 2.03. The summed E-state index contributed by atoms with van der Waals surface area (Å²) < 4.78 is 13.0. The smallest absolute Gasteiger partial charge is 0.127 e. The quantitative estimate of drug-likeness (QED) is 0.617. The molecule has 62 valence electrons. The predicted octanol–water partition coefficient (Wildman–Crippen LogP) is 3.04. The lowest BCUT2D eigenvalue weighted by Gasteiger charge is -1.99. The van der Waals surface area contributed by atoms with Crippen LogP contribution in [0.5, 0.6) is 0 Å². The first-order valence-corrected chi connectivity index (χ1v) is 3.99. The van der Waals surface area contributed by atoms with E-state index in [9.17, 15) is 4.39 Å². The number of rotatable bonds is 2. The molecule has 1 rings (SSSR count). The minimum Gasteiger partial charge on any atom is -0.207 e. The van der Waals surface area contributed by atoms with Crippen molar-refractivity contribution in [2.24, 2.45) is 0 Å². The first kappa shape index (κ1) is 9.09. The van der Waals surface area contributed by atoms with Crippen LogP contribution in [0.1, 0.15) is 12.0 Å². The van der Waals surface area contributed by atoms with Gasteiger partial charge in [0.15, 0.2) is 0 Å². The van der Waals surface area contributed by atoms with Gasteiger partial charge in [0.2, 0.25) is 0 Å². The molecule has 2 heteroatoms. The van der Waals surface area contributed by atoms with Gasteiger partial charge >= 0.3 is 0 Å². The van der Waals surface area contributed by atoms with E-state index in [4.69, 9.17) is 18.0 Å². The van der Waals surface area contributed by atoms with Crippen molar-refractivity contribution in [1.82, 2.24) is 0 Å². The molecular weight excluding hydrogens is 175 g/mol. The fourth-order valence-electron chi connectivity index (χ4n) is 0.931. The van der Waals surface area contributed by atoms with Crippen molar-refractivity contribution >= 4 is 11.6 Å². The van der Waals surface area contributed by atoms with Gasteiger partial charge < -0.3 is 0 Å². The van der Waals surface area contributed by atoms with Crippen LogP contribution < -0.4 is 0 Å². The van der Waals surface area contributed by atoms with Crippen LogP contribution >= 0.6 is 11.6 Å². The van der Waals surface area contributed by atoms with E-state index >= 15 is 0 Å². The third kappa shape index (κ3) is 2.25. The molecule has 0 fully saturated rings. The standard InChI is InChI=1S/C10H8ClF/c1-2-3-4-8-5-6-9(11)7-10(8)12/h1,5-7H,3-4H2. The summed E-state index contributed by atoms with van der Waals surface area (Å²) in [5.74, 6) is 2.18. The van der Waals surface area contributed by atoms with Crippen LogP contribution in [0.2, 0.25) is 5.02 Å². The second-order valence-electron chi connectivity index (χ2n) is 2.44. The molecule has 0 aromatic heterocycles. The van der Waals surface area contributed by atoms with Crippen LogP contribution in [0.3, 0.4) is 0 Å². The Bertz CT molecular complexity index is 312. The summed E-state index contributed by atoms with van der Waals surface area (Å²) in [5.41, 5.74) is 0.623. The Morgan fingerprint density at radius 1 is 1.50 bits per heavy atom. The van der Waals surface area contributed by atoms with Gasteiger partial charge in [0.05, 0.1) is 0 Å². The Morgan fingerprint density at radius 3 is 2.83 bits per heavy atom. The minimum atomic E-state index is -0.280. The highest BCUT2D eigenvalue weighted by molar-refractivity contribution is 6.30. The van der Waals surface area contributed by atoms with Gasteiger partial charge in [-0.15, -0.1) is 12.3 Å². The maximum atomic E-state index is 13.0. The van der Waals surface area contributed by atoms with Gasteiger partial charge in [-0.1, -0.05) is 17.7 Å². The first-order valence-electron chi connectivity index (χ1n) is 3.61. The Morgan fingerprint density at radius 2 is 2.25 bits per heavy atom. The van der Waals surface area contributed by atoms with Crippen molar-refractivity contribution in [3.8, 4) is 12.3 Å². The Labute approximate surface area is 76.4 Å². The van der Waals surface area contributed by atoms with Crippen molar-refractivity contribution in [3.05, 3.63) is 34.6 Å². The van der Waals surface area contributed by atoms with Gasteiger partial charge in [0, 0.05) is 11.4 Å². The number of terminal acetylenes is 1. The fourth-order valence-corrected chi connectivity index (χ4v) is 1.09. The molecule has 1 aromatic rings. The fraction of sp³-hybridized carbons (Fsp3) is 0.200. The van der Waals surface area contributed by atoms with Crippen molar-refractivity contribution in [3.63, 3.8) is 0 Å². The SMILES string of the molecule is C#CCCc1ccc(Cl)cc1F. The predicted molar refractivity (Wildman–Crippen MR) is 48.6 cm³/mol. The van der Waals surface area contributed by atoms with E-state index in [2.05, 4.69) is 5.92 Å². The molecule has 0 nitrogen and oxygen atoms in total. The molecule has 0 N–H and O–H groups in total. The van der Waals surface area contributed by atoms with Crippen LogP contribution in [-0.2, 0) is 6.42 Å². The molecule has 0 saturated heterocycles. The third-order valence-electron chi connectivity index (χ3n) is 1.55. The van der Waals surface area contributed by atoms with Crippen LogP contribution in [0.15, 0.2) is 18.2 Å². The first-order chi connectivity index (χ1) is 5.74. The normalized spacial score (nSPS) is 9.42. The average molecular weight is 183 g/mol. The van der Waals surface area contributed by atoms with E-state index < -0.39 is 0 Å². The zero-order valence-corrected chi connectivity index (χ0v) is 7.24. The van der Waals surface area contributed by atoms with Crippen molar-refractivity contribution in [2.45, 2.75) is 12.8 Å². The zero-order valence-electron chi connectivity index (χ0n) is 6.48. The highest BCUT2D eigenvalue weighted by Gasteiger charge is 2.00. The largest absolute Gasteiger partial charge is 0.207 e. The van der Waals surface area contributed by atoms with Crippen LogP contribution in [0, 0.1) is 18.2 Å². The van der Waals surface area contributed by atoms with Crippen LogP contribution in [0.4, 0.5) is 4.39 Å². The molecule has 0 bridgehead atoms. The zero-order chi connectivity index (χ0) is 8.97. The summed E-state index contributed by atoms with van der Waals surface area (Å²) in [7, 11) is 0.